The Morgan fingerprint density at radius 1 is 0.750 bits per heavy atom. The van der Waals surface area contributed by atoms with Gasteiger partial charge in [-0.2, -0.15) is 36.9 Å². The monoisotopic (exact) mass is 1150 g/mol. The number of aromatic nitrogens is 6. The van der Waals surface area contributed by atoms with Gasteiger partial charge < -0.3 is 25.7 Å². The van der Waals surface area contributed by atoms with Crippen molar-refractivity contribution >= 4 is 98.6 Å². The Morgan fingerprint density at radius 2 is 1.30 bits per heavy atom. The van der Waals surface area contributed by atoms with Crippen molar-refractivity contribution in [3.63, 3.8) is 0 Å². The number of thiophene rings is 2. The first-order chi connectivity index (χ1) is 36.0. The lowest BCUT2D eigenvalue weighted by Gasteiger charge is -2.33. The van der Waals surface area contributed by atoms with Gasteiger partial charge in [-0.25, -0.2) is 29.3 Å². The molecule has 76 heavy (non-hydrogen) atoms. The van der Waals surface area contributed by atoms with E-state index in [-0.39, 0.29) is 21.5 Å². The summed E-state index contributed by atoms with van der Waals surface area (Å²) in [5, 5.41) is 32.4. The number of piperidine rings is 2. The molecule has 0 atom stereocenters. The van der Waals surface area contributed by atoms with Crippen LogP contribution in [0.15, 0.2) is 61.2 Å². The first-order valence-corrected chi connectivity index (χ1v) is 27.2. The normalized spacial score (nSPS) is 15.0. The maximum absolute atomic E-state index is 12.8. The highest BCUT2D eigenvalue weighted by atomic mass is 79.9. The number of alkyl halides is 7. The minimum Gasteiger partial charge on any atom is -0.443 e. The van der Waals surface area contributed by atoms with Crippen molar-refractivity contribution in [2.45, 2.75) is 115 Å². The second kappa shape index (κ2) is 23.5. The third-order valence-corrected chi connectivity index (χ3v) is 15.5. The fraction of sp³-hybridized carbons (Fsp3) is 0.415. The summed E-state index contributed by atoms with van der Waals surface area (Å²) in [6.45, 7) is 14.0. The SMILES string of the molecule is Cc1cc2[nH]c(C#N)cc2cc1CN1CCC(Nc2ncnc3sc(CC(F)(F)F)cc23)CC1.Cc1cc2c(cc1CBr)cc(C#N)n2C(=O)OC(C)(C)C.FC(F)(F)Cc1cc2c(NC3CCNCC3)ncnc2s1. The van der Waals surface area contributed by atoms with E-state index in [0.29, 0.717) is 49.3 Å². The molecule has 400 valence electrons. The first kappa shape index (κ1) is 55.9. The predicted octanol–water partition coefficient (Wildman–Crippen LogP) is 13.0. The maximum atomic E-state index is 12.8. The summed E-state index contributed by atoms with van der Waals surface area (Å²) in [5.41, 5.74) is 6.54. The highest BCUT2D eigenvalue weighted by Crippen LogP contribution is 2.35. The molecule has 4 N–H and O–H groups in total. The van der Waals surface area contributed by atoms with Crippen LogP contribution in [0.2, 0.25) is 0 Å². The van der Waals surface area contributed by atoms with Crippen LogP contribution in [-0.2, 0) is 29.5 Å². The predicted molar refractivity (Wildman–Crippen MR) is 289 cm³/mol. The molecule has 8 aromatic rings. The van der Waals surface area contributed by atoms with Crippen LogP contribution in [0.5, 0.6) is 0 Å². The second-order valence-electron chi connectivity index (χ2n) is 19.8. The van der Waals surface area contributed by atoms with E-state index < -0.39 is 36.9 Å². The van der Waals surface area contributed by atoms with Gasteiger partial charge in [0.2, 0.25) is 0 Å². The molecule has 0 radical (unpaired) electrons. The zero-order chi connectivity index (χ0) is 54.5. The van der Waals surface area contributed by atoms with Crippen molar-refractivity contribution in [3.05, 3.63) is 105 Å². The Kier molecular flexibility index (Phi) is 17.3. The lowest BCUT2D eigenvalue weighted by molar-refractivity contribution is -0.127. The van der Waals surface area contributed by atoms with Crippen LogP contribution in [0, 0.1) is 36.5 Å². The van der Waals surface area contributed by atoms with E-state index in [9.17, 15) is 36.4 Å². The van der Waals surface area contributed by atoms with Gasteiger partial charge >= 0.3 is 18.4 Å². The van der Waals surface area contributed by atoms with Crippen LogP contribution >= 0.6 is 38.6 Å². The number of anilines is 2. The molecule has 2 fully saturated rings. The average molecular weight is 1150 g/mol. The molecule has 6 aromatic heterocycles. The third kappa shape index (κ3) is 14.4. The van der Waals surface area contributed by atoms with E-state index in [1.807, 2.05) is 25.1 Å². The Labute approximate surface area is 451 Å². The van der Waals surface area contributed by atoms with Crippen molar-refractivity contribution in [3.8, 4) is 12.1 Å². The van der Waals surface area contributed by atoms with E-state index in [1.165, 1.54) is 28.3 Å². The number of hydrogen-bond donors (Lipinski definition) is 4. The summed E-state index contributed by atoms with van der Waals surface area (Å²) in [6, 6.07) is 19.6. The number of nitrogens with zero attached hydrogens (tertiary/aromatic N) is 8. The van der Waals surface area contributed by atoms with Crippen LogP contribution < -0.4 is 16.0 Å². The van der Waals surface area contributed by atoms with Crippen LogP contribution in [0.1, 0.15) is 89.9 Å². The van der Waals surface area contributed by atoms with Gasteiger partial charge in [-0.05, 0) is 144 Å². The van der Waals surface area contributed by atoms with Gasteiger partial charge in [0, 0.05) is 63.1 Å². The van der Waals surface area contributed by atoms with Crippen molar-refractivity contribution in [1.82, 2.24) is 39.7 Å². The van der Waals surface area contributed by atoms with Gasteiger partial charge in [-0.15, -0.1) is 22.7 Å². The number of ether oxygens (including phenoxy) is 1. The van der Waals surface area contributed by atoms with Gasteiger partial charge in [0.15, 0.2) is 0 Å². The number of aryl methyl sites for hydroxylation is 2. The molecular formula is C53H55BrF6N12O2S2. The fourth-order valence-corrected chi connectivity index (χ4v) is 11.8. The van der Waals surface area contributed by atoms with Crippen LogP contribution in [0.3, 0.4) is 0 Å². The van der Waals surface area contributed by atoms with Crippen LogP contribution in [0.4, 0.5) is 42.8 Å². The first-order valence-electron chi connectivity index (χ1n) is 24.5. The number of carbonyl (C=O) groups is 1. The van der Waals surface area contributed by atoms with Gasteiger partial charge in [0.25, 0.3) is 0 Å². The van der Waals surface area contributed by atoms with Crippen molar-refractivity contribution < 1.29 is 35.9 Å². The number of rotatable bonds is 9. The summed E-state index contributed by atoms with van der Waals surface area (Å²) in [7, 11) is 0. The van der Waals surface area contributed by atoms with E-state index in [1.54, 1.807) is 39.0 Å². The minimum atomic E-state index is -4.24. The summed E-state index contributed by atoms with van der Waals surface area (Å²) < 4.78 is 82.6. The number of nitriles is 2. The number of likely N-dealkylation sites (tertiary alicyclic amines) is 1. The zero-order valence-electron chi connectivity index (χ0n) is 42.3. The standard InChI is InChI=1S/C24H23F3N6S.C16H17BrN2O2.C13H15F3N4S/c1-14-6-21-15(8-18(11-28)31-21)7-16(14)12-33-4-2-17(3-5-33)32-22-20-9-19(10-24(25,26)27)34-23(20)30-13-29-22;1-10-5-14-11(6-12(10)8-17)7-13(9-18)19(14)15(20)21-16(2,3)4;14-13(15,16)6-9-5-10-11(18-7-19-12(10)21-9)20-8-1-3-17-4-2-8/h6-9,13,17,31H,2-5,10,12H2,1H3,(H,29,30,32);5-7H,8H2,1-4H3;5,7-8,17H,1-4,6H2,(H,18,19,20). The quantitative estimate of drug-likeness (QED) is 0.0793. The van der Waals surface area contributed by atoms with E-state index >= 15 is 0 Å². The van der Waals surface area contributed by atoms with Gasteiger partial charge in [-0.3, -0.25) is 4.90 Å². The molecular weight excluding hydrogens is 1090 g/mol. The van der Waals surface area contributed by atoms with E-state index in [4.69, 9.17) is 10.00 Å². The smallest absolute Gasteiger partial charge is 0.420 e. The summed E-state index contributed by atoms with van der Waals surface area (Å²) >= 11 is 5.59. The fourth-order valence-electron chi connectivity index (χ4n) is 9.14. The molecule has 0 aliphatic carbocycles. The summed E-state index contributed by atoms with van der Waals surface area (Å²) in [6.07, 6.45) is -4.24. The number of aromatic amines is 1. The molecule has 23 heteroatoms. The number of benzene rings is 2. The highest BCUT2D eigenvalue weighted by Gasteiger charge is 2.31. The number of carbonyl (C=O) groups excluding carboxylic acids is 1. The number of H-pyrrole nitrogens is 1. The lowest BCUT2D eigenvalue weighted by atomic mass is 10.0. The van der Waals surface area contributed by atoms with Crippen molar-refractivity contribution in [2.75, 3.05) is 36.8 Å². The summed E-state index contributed by atoms with van der Waals surface area (Å²) in [4.78, 5) is 36.3. The molecule has 2 aliphatic rings. The number of nitrogens with one attached hydrogen (secondary N) is 4. The molecule has 2 saturated heterocycles. The molecule has 0 spiro atoms. The molecule has 8 heterocycles. The molecule has 0 amide bonds. The molecule has 14 nitrogen and oxygen atoms in total. The molecule has 0 saturated carbocycles. The second-order valence-corrected chi connectivity index (χ2v) is 22.6. The zero-order valence-corrected chi connectivity index (χ0v) is 45.5. The van der Waals surface area contributed by atoms with E-state index in [2.05, 4.69) is 92.9 Å². The molecule has 0 bridgehead atoms. The Hall–Kier alpha value is -6.37. The lowest BCUT2D eigenvalue weighted by Crippen LogP contribution is -2.38. The molecule has 10 rings (SSSR count). The van der Waals surface area contributed by atoms with E-state index in [0.717, 1.165) is 114 Å². The van der Waals surface area contributed by atoms with Gasteiger partial charge in [-0.1, -0.05) is 15.9 Å². The average Bonchev–Trinajstić information content (AvgIpc) is 4.15. The highest BCUT2D eigenvalue weighted by molar-refractivity contribution is 9.08. The topological polar surface area (TPSA) is 185 Å². The molecule has 2 aromatic carbocycles. The van der Waals surface area contributed by atoms with Crippen molar-refractivity contribution in [1.29, 1.82) is 10.5 Å². The van der Waals surface area contributed by atoms with Crippen LogP contribution in [0.25, 0.3) is 42.2 Å². The number of halogens is 7. The van der Waals surface area contributed by atoms with Crippen LogP contribution in [-0.4, -0.2) is 96.7 Å². The van der Waals surface area contributed by atoms with Gasteiger partial charge in [0.1, 0.15) is 63.1 Å². The Morgan fingerprint density at radius 3 is 1.83 bits per heavy atom. The number of hydrogen-bond acceptors (Lipinski definition) is 14. The largest absolute Gasteiger partial charge is 0.443 e. The Balaban J connectivity index is 0.000000159. The third-order valence-electron chi connectivity index (χ3n) is 12.8. The molecule has 0 unspecified atom stereocenters. The minimum absolute atomic E-state index is 0.201. The Bertz CT molecular complexity index is 3440. The van der Waals surface area contributed by atoms with Gasteiger partial charge in [0.05, 0.1) is 29.1 Å². The molecule has 2 aliphatic heterocycles. The maximum Gasteiger partial charge on any atom is 0.420 e. The van der Waals surface area contributed by atoms with Crippen molar-refractivity contribution in [2.24, 2.45) is 0 Å². The summed E-state index contributed by atoms with van der Waals surface area (Å²) in [5.74, 6) is 1.24. The number of fused-ring (bicyclic) bond motifs is 4.